The van der Waals surface area contributed by atoms with Gasteiger partial charge in [-0.1, -0.05) is 12.1 Å². The number of hydrogen-bond acceptors (Lipinski definition) is 4. The Kier molecular flexibility index (Phi) is 5.79. The van der Waals surface area contributed by atoms with E-state index in [1.54, 1.807) is 23.2 Å². The lowest BCUT2D eigenvalue weighted by Gasteiger charge is -2.25. The maximum absolute atomic E-state index is 13.1. The molecule has 2 aliphatic rings. The maximum Gasteiger partial charge on any atom is 0.260 e. The third-order valence-electron chi connectivity index (χ3n) is 5.67. The molecule has 0 bridgehead atoms. The first-order valence-corrected chi connectivity index (χ1v) is 10.4. The average Bonchev–Trinajstić information content (AvgIpc) is 3.26. The Morgan fingerprint density at radius 3 is 2.87 bits per heavy atom. The molecular weight excluding hydrogens is 380 g/mol. The number of likely N-dealkylation sites (tertiary alicyclic amines) is 1. The summed E-state index contributed by atoms with van der Waals surface area (Å²) in [5.41, 5.74) is 3.00. The van der Waals surface area contributed by atoms with Gasteiger partial charge in [0.2, 0.25) is 11.8 Å². The zero-order chi connectivity index (χ0) is 21.1. The van der Waals surface area contributed by atoms with Crippen LogP contribution >= 0.6 is 0 Å². The Bertz CT molecular complexity index is 974. The van der Waals surface area contributed by atoms with E-state index < -0.39 is 6.04 Å². The van der Waals surface area contributed by atoms with Crippen molar-refractivity contribution in [2.24, 2.45) is 0 Å². The Hall–Kier alpha value is -3.22. The number of hydrogen-bond donors (Lipinski definition) is 1. The van der Waals surface area contributed by atoms with Gasteiger partial charge >= 0.3 is 0 Å². The molecule has 7 heteroatoms. The summed E-state index contributed by atoms with van der Waals surface area (Å²) in [5.74, 6) is -0.0620. The quantitative estimate of drug-likeness (QED) is 0.717. The predicted molar refractivity (Wildman–Crippen MR) is 113 cm³/mol. The van der Waals surface area contributed by atoms with Gasteiger partial charge in [-0.05, 0) is 49.6 Å². The number of rotatable bonds is 7. The van der Waals surface area contributed by atoms with Crippen LogP contribution in [-0.2, 0) is 9.59 Å². The molecule has 1 atom stereocenters. The van der Waals surface area contributed by atoms with Crippen LogP contribution in [0.15, 0.2) is 42.6 Å². The highest BCUT2D eigenvalue weighted by atomic mass is 16.2. The minimum absolute atomic E-state index is 0.128. The molecule has 1 aromatic heterocycles. The zero-order valence-electron chi connectivity index (χ0n) is 17.1. The molecule has 0 saturated carbocycles. The van der Waals surface area contributed by atoms with Crippen LogP contribution in [0.3, 0.4) is 0 Å². The van der Waals surface area contributed by atoms with Gasteiger partial charge in [0, 0.05) is 37.9 Å². The number of nitrogens with zero attached hydrogens (tertiary/aromatic N) is 3. The van der Waals surface area contributed by atoms with Crippen molar-refractivity contribution in [1.82, 2.24) is 15.2 Å². The summed E-state index contributed by atoms with van der Waals surface area (Å²) in [6, 6.07) is 10.8. The zero-order valence-corrected chi connectivity index (χ0v) is 17.1. The summed E-state index contributed by atoms with van der Waals surface area (Å²) in [6.45, 7) is 3.96. The van der Waals surface area contributed by atoms with E-state index >= 15 is 0 Å². The fraction of sp³-hybridized carbons (Fsp3) is 0.391. The summed E-state index contributed by atoms with van der Waals surface area (Å²) in [5, 5.41) is 2.93. The first-order chi connectivity index (χ1) is 14.5. The number of aromatic nitrogens is 1. The number of anilines is 1. The highest BCUT2D eigenvalue weighted by Gasteiger charge is 2.39. The Balaban J connectivity index is 1.43. The van der Waals surface area contributed by atoms with Crippen LogP contribution in [0.5, 0.6) is 0 Å². The van der Waals surface area contributed by atoms with Gasteiger partial charge in [-0.25, -0.2) is 0 Å². The first kappa shape index (κ1) is 20.1. The highest BCUT2D eigenvalue weighted by Crippen LogP contribution is 2.38. The summed E-state index contributed by atoms with van der Waals surface area (Å²) in [4.78, 5) is 45.3. The molecule has 2 aromatic rings. The molecule has 1 N–H and O–H groups in total. The minimum atomic E-state index is -0.435. The van der Waals surface area contributed by atoms with Gasteiger partial charge in [0.05, 0.1) is 23.7 Å². The number of carbonyl (C=O) groups excluding carboxylic acids is 3. The van der Waals surface area contributed by atoms with Gasteiger partial charge in [-0.15, -0.1) is 0 Å². The molecule has 3 amide bonds. The molecule has 0 aliphatic carbocycles. The molecule has 1 fully saturated rings. The van der Waals surface area contributed by atoms with Crippen LogP contribution < -0.4 is 10.2 Å². The lowest BCUT2D eigenvalue weighted by molar-refractivity contribution is -0.127. The van der Waals surface area contributed by atoms with Crippen molar-refractivity contribution in [3.63, 3.8) is 0 Å². The summed E-state index contributed by atoms with van der Waals surface area (Å²) in [6.07, 6.45) is 4.07. The van der Waals surface area contributed by atoms with Crippen molar-refractivity contribution in [3.8, 4) is 0 Å². The van der Waals surface area contributed by atoms with Gasteiger partial charge in [-0.2, -0.15) is 0 Å². The molecule has 2 aliphatic heterocycles. The largest absolute Gasteiger partial charge is 0.356 e. The van der Waals surface area contributed by atoms with E-state index in [1.807, 2.05) is 36.1 Å². The van der Waals surface area contributed by atoms with E-state index in [2.05, 4.69) is 10.3 Å². The SMILES string of the molecule is Cc1cccc(N2C(=O)c3cccnc3C2CC(=O)NCCCN2CCCC2=O)c1. The van der Waals surface area contributed by atoms with Gasteiger partial charge in [0.25, 0.3) is 5.91 Å². The van der Waals surface area contributed by atoms with Crippen LogP contribution in [0.25, 0.3) is 0 Å². The second-order valence-corrected chi connectivity index (χ2v) is 7.86. The van der Waals surface area contributed by atoms with Crippen molar-refractivity contribution >= 4 is 23.4 Å². The molecule has 0 radical (unpaired) electrons. The van der Waals surface area contributed by atoms with E-state index in [0.29, 0.717) is 30.8 Å². The lowest BCUT2D eigenvalue weighted by Crippen LogP contribution is -2.34. The van der Waals surface area contributed by atoms with Crippen molar-refractivity contribution in [2.45, 2.75) is 38.6 Å². The van der Waals surface area contributed by atoms with Crippen LogP contribution in [0.2, 0.25) is 0 Å². The molecule has 30 heavy (non-hydrogen) atoms. The summed E-state index contributed by atoms with van der Waals surface area (Å²) in [7, 11) is 0. The molecule has 1 saturated heterocycles. The number of nitrogens with one attached hydrogen (secondary N) is 1. The smallest absolute Gasteiger partial charge is 0.260 e. The molecule has 156 valence electrons. The average molecular weight is 406 g/mol. The number of fused-ring (bicyclic) bond motifs is 1. The Morgan fingerprint density at radius 1 is 1.23 bits per heavy atom. The predicted octanol–water partition coefficient (Wildman–Crippen LogP) is 2.61. The maximum atomic E-state index is 13.1. The number of pyridine rings is 1. The molecule has 4 rings (SSSR count). The third-order valence-corrected chi connectivity index (χ3v) is 5.67. The van der Waals surface area contributed by atoms with Crippen LogP contribution in [0, 0.1) is 6.92 Å². The summed E-state index contributed by atoms with van der Waals surface area (Å²) >= 11 is 0. The molecule has 1 unspecified atom stereocenters. The molecular formula is C23H26N4O3. The van der Waals surface area contributed by atoms with E-state index in [4.69, 9.17) is 0 Å². The minimum Gasteiger partial charge on any atom is -0.356 e. The number of benzene rings is 1. The van der Waals surface area contributed by atoms with E-state index in [1.165, 1.54) is 0 Å². The number of amides is 3. The van der Waals surface area contributed by atoms with Crippen molar-refractivity contribution in [2.75, 3.05) is 24.5 Å². The van der Waals surface area contributed by atoms with Gasteiger partial charge in [-0.3, -0.25) is 24.3 Å². The number of carbonyl (C=O) groups is 3. The Labute approximate surface area is 176 Å². The molecule has 1 aromatic carbocycles. The van der Waals surface area contributed by atoms with Gasteiger partial charge in [0.1, 0.15) is 0 Å². The standard InChI is InChI=1S/C23H26N4O3/c1-16-6-2-7-17(14-16)27-19(22-18(23(27)30)8-3-10-25-22)15-20(28)24-11-5-13-26-12-4-9-21(26)29/h2-3,6-8,10,14,19H,4-5,9,11-13,15H2,1H3,(H,24,28). The third kappa shape index (κ3) is 4.06. The molecule has 3 heterocycles. The van der Waals surface area contributed by atoms with Crippen LogP contribution in [-0.4, -0.2) is 47.2 Å². The van der Waals surface area contributed by atoms with Crippen LogP contribution in [0.4, 0.5) is 5.69 Å². The van der Waals surface area contributed by atoms with E-state index in [0.717, 1.165) is 30.6 Å². The van der Waals surface area contributed by atoms with Crippen molar-refractivity contribution in [3.05, 3.63) is 59.4 Å². The fourth-order valence-electron chi connectivity index (χ4n) is 4.21. The second kappa shape index (κ2) is 8.65. The van der Waals surface area contributed by atoms with E-state index in [-0.39, 0.29) is 24.1 Å². The molecule has 7 nitrogen and oxygen atoms in total. The monoisotopic (exact) mass is 406 g/mol. The van der Waals surface area contributed by atoms with E-state index in [9.17, 15) is 14.4 Å². The van der Waals surface area contributed by atoms with Crippen molar-refractivity contribution in [1.29, 1.82) is 0 Å². The topological polar surface area (TPSA) is 82.6 Å². The number of aryl methyl sites for hydroxylation is 1. The Morgan fingerprint density at radius 2 is 2.10 bits per heavy atom. The summed E-state index contributed by atoms with van der Waals surface area (Å²) < 4.78 is 0. The first-order valence-electron chi connectivity index (χ1n) is 10.4. The fourth-order valence-corrected chi connectivity index (χ4v) is 4.21. The van der Waals surface area contributed by atoms with Gasteiger partial charge < -0.3 is 10.2 Å². The highest BCUT2D eigenvalue weighted by molar-refractivity contribution is 6.11. The molecule has 0 spiro atoms. The van der Waals surface area contributed by atoms with Gasteiger partial charge in [0.15, 0.2) is 0 Å². The second-order valence-electron chi connectivity index (χ2n) is 7.86. The van der Waals surface area contributed by atoms with Crippen LogP contribution in [0.1, 0.15) is 53.3 Å². The normalized spacial score (nSPS) is 18.1. The lowest BCUT2D eigenvalue weighted by atomic mass is 10.1. The van der Waals surface area contributed by atoms with Crippen molar-refractivity contribution < 1.29 is 14.4 Å².